The first-order chi connectivity index (χ1) is 15.9. The minimum atomic E-state index is -0.530. The number of hydrogen-bond acceptors (Lipinski definition) is 6. The average molecular weight is 512 g/mol. The van der Waals surface area contributed by atoms with Crippen LogP contribution in [0.5, 0.6) is 23.0 Å². The van der Waals surface area contributed by atoms with Crippen LogP contribution in [0.15, 0.2) is 59.1 Å². The SMILES string of the molecule is COc1cc2c(c(OC)c1OC)C(=O)CC(c1cccc(NC(=O)c3ccc(Br)cc3)c1)O2. The van der Waals surface area contributed by atoms with E-state index in [4.69, 9.17) is 18.9 Å². The van der Waals surface area contributed by atoms with Crippen molar-refractivity contribution in [2.24, 2.45) is 0 Å². The van der Waals surface area contributed by atoms with Gasteiger partial charge in [0, 0.05) is 21.8 Å². The number of benzene rings is 3. The lowest BCUT2D eigenvalue weighted by molar-refractivity contribution is 0.0842. The summed E-state index contributed by atoms with van der Waals surface area (Å²) in [7, 11) is 4.45. The Hall–Kier alpha value is -3.52. The van der Waals surface area contributed by atoms with Gasteiger partial charge in [0.05, 0.1) is 27.8 Å². The summed E-state index contributed by atoms with van der Waals surface area (Å²) in [5.74, 6) is 1.01. The Kier molecular flexibility index (Phi) is 6.55. The van der Waals surface area contributed by atoms with Gasteiger partial charge in [-0.2, -0.15) is 0 Å². The van der Waals surface area contributed by atoms with Crippen LogP contribution in [-0.4, -0.2) is 33.0 Å². The third kappa shape index (κ3) is 4.52. The normalized spacial score (nSPS) is 14.7. The van der Waals surface area contributed by atoms with Crippen LogP contribution < -0.4 is 24.3 Å². The molecular weight excluding hydrogens is 490 g/mol. The molecule has 0 aliphatic carbocycles. The average Bonchev–Trinajstić information content (AvgIpc) is 2.83. The van der Waals surface area contributed by atoms with E-state index in [-0.39, 0.29) is 23.9 Å². The minimum absolute atomic E-state index is 0.114. The molecule has 1 amide bonds. The fourth-order valence-electron chi connectivity index (χ4n) is 3.76. The molecule has 0 saturated heterocycles. The molecule has 3 aromatic rings. The number of carbonyl (C=O) groups is 2. The molecule has 0 spiro atoms. The maximum absolute atomic E-state index is 13.1. The number of anilines is 1. The first kappa shape index (κ1) is 22.7. The van der Waals surface area contributed by atoms with E-state index in [0.29, 0.717) is 34.1 Å². The number of Topliss-reactive ketones (excluding diaryl/α,β-unsaturated/α-hetero) is 1. The zero-order valence-corrected chi connectivity index (χ0v) is 19.9. The van der Waals surface area contributed by atoms with E-state index in [1.54, 1.807) is 30.3 Å². The third-order valence-corrected chi connectivity index (χ3v) is 5.86. The first-order valence-corrected chi connectivity index (χ1v) is 10.9. The van der Waals surface area contributed by atoms with Gasteiger partial charge in [0.2, 0.25) is 5.75 Å². The first-order valence-electron chi connectivity index (χ1n) is 10.1. The van der Waals surface area contributed by atoms with E-state index in [0.717, 1.165) is 10.0 Å². The van der Waals surface area contributed by atoms with Gasteiger partial charge in [-0.3, -0.25) is 9.59 Å². The monoisotopic (exact) mass is 511 g/mol. The highest BCUT2D eigenvalue weighted by Gasteiger charge is 2.34. The van der Waals surface area contributed by atoms with Crippen LogP contribution in [0.3, 0.4) is 0 Å². The van der Waals surface area contributed by atoms with E-state index < -0.39 is 6.10 Å². The van der Waals surface area contributed by atoms with Gasteiger partial charge in [0.25, 0.3) is 5.91 Å². The van der Waals surface area contributed by atoms with Crippen molar-refractivity contribution in [1.82, 2.24) is 0 Å². The van der Waals surface area contributed by atoms with Crippen molar-refractivity contribution < 1.29 is 28.5 Å². The van der Waals surface area contributed by atoms with Crippen molar-refractivity contribution in [3.05, 3.63) is 75.8 Å². The Morgan fingerprint density at radius 1 is 1.00 bits per heavy atom. The van der Waals surface area contributed by atoms with Crippen molar-refractivity contribution in [1.29, 1.82) is 0 Å². The van der Waals surface area contributed by atoms with Gasteiger partial charge < -0.3 is 24.3 Å². The van der Waals surface area contributed by atoms with Crippen LogP contribution >= 0.6 is 15.9 Å². The number of hydrogen-bond donors (Lipinski definition) is 1. The molecule has 8 heteroatoms. The van der Waals surface area contributed by atoms with Crippen LogP contribution in [0.1, 0.15) is 38.8 Å². The summed E-state index contributed by atoms with van der Waals surface area (Å²) in [6, 6.07) is 16.0. The summed E-state index contributed by atoms with van der Waals surface area (Å²) in [5, 5.41) is 2.89. The van der Waals surface area contributed by atoms with Crippen LogP contribution in [0.2, 0.25) is 0 Å². The van der Waals surface area contributed by atoms with Crippen molar-refractivity contribution in [2.45, 2.75) is 12.5 Å². The lowest BCUT2D eigenvalue weighted by Crippen LogP contribution is -2.22. The highest BCUT2D eigenvalue weighted by molar-refractivity contribution is 9.10. The second-order valence-electron chi connectivity index (χ2n) is 7.34. The second-order valence-corrected chi connectivity index (χ2v) is 8.25. The van der Waals surface area contributed by atoms with Crippen LogP contribution in [0.4, 0.5) is 5.69 Å². The van der Waals surface area contributed by atoms with E-state index in [2.05, 4.69) is 21.2 Å². The van der Waals surface area contributed by atoms with Gasteiger partial charge in [0.15, 0.2) is 17.3 Å². The summed E-state index contributed by atoms with van der Waals surface area (Å²) in [6.07, 6.45) is -0.416. The van der Waals surface area contributed by atoms with E-state index >= 15 is 0 Å². The zero-order valence-electron chi connectivity index (χ0n) is 18.3. The molecule has 1 unspecified atom stereocenters. The maximum atomic E-state index is 13.1. The van der Waals surface area contributed by atoms with E-state index in [1.165, 1.54) is 21.3 Å². The van der Waals surface area contributed by atoms with Crippen molar-refractivity contribution in [2.75, 3.05) is 26.6 Å². The van der Waals surface area contributed by atoms with Gasteiger partial charge in [0.1, 0.15) is 17.4 Å². The van der Waals surface area contributed by atoms with Gasteiger partial charge in [-0.1, -0.05) is 28.1 Å². The molecule has 1 atom stereocenters. The lowest BCUT2D eigenvalue weighted by Gasteiger charge is -2.28. The summed E-state index contributed by atoms with van der Waals surface area (Å²) < 4.78 is 23.3. The molecule has 0 fully saturated rings. The number of methoxy groups -OCH3 is 3. The molecule has 33 heavy (non-hydrogen) atoms. The Bertz CT molecular complexity index is 1210. The molecular formula is C25H22BrNO6. The van der Waals surface area contributed by atoms with E-state index in [9.17, 15) is 9.59 Å². The molecule has 0 radical (unpaired) electrons. The number of ether oxygens (including phenoxy) is 4. The van der Waals surface area contributed by atoms with Crippen molar-refractivity contribution in [3.8, 4) is 23.0 Å². The Labute approximate surface area is 199 Å². The summed E-state index contributed by atoms with van der Waals surface area (Å²) >= 11 is 3.36. The van der Waals surface area contributed by atoms with Gasteiger partial charge >= 0.3 is 0 Å². The molecule has 170 valence electrons. The molecule has 1 heterocycles. The van der Waals surface area contributed by atoms with E-state index in [1.807, 2.05) is 24.3 Å². The van der Waals surface area contributed by atoms with Crippen LogP contribution in [0, 0.1) is 0 Å². The smallest absolute Gasteiger partial charge is 0.255 e. The van der Waals surface area contributed by atoms with Crippen molar-refractivity contribution >= 4 is 33.3 Å². The quantitative estimate of drug-likeness (QED) is 0.474. The Morgan fingerprint density at radius 2 is 1.73 bits per heavy atom. The van der Waals surface area contributed by atoms with Crippen LogP contribution in [-0.2, 0) is 0 Å². The van der Waals surface area contributed by atoms with Crippen LogP contribution in [0.25, 0.3) is 0 Å². The largest absolute Gasteiger partial charge is 0.493 e. The fraction of sp³-hybridized carbons (Fsp3) is 0.200. The molecule has 0 aromatic heterocycles. The second kappa shape index (κ2) is 9.54. The van der Waals surface area contributed by atoms with Gasteiger partial charge in [-0.15, -0.1) is 0 Å². The molecule has 0 saturated carbocycles. The predicted molar refractivity (Wildman–Crippen MR) is 127 cm³/mol. The Balaban J connectivity index is 1.61. The number of halogens is 1. The molecule has 1 aliphatic heterocycles. The molecule has 4 rings (SSSR count). The highest BCUT2D eigenvalue weighted by Crippen LogP contribution is 2.49. The molecule has 1 aliphatic rings. The number of amides is 1. The standard InChI is InChI=1S/C25H22BrNO6/c1-30-21-13-20-22(24(32-3)23(21)31-2)18(28)12-19(33-20)15-5-4-6-17(11-15)27-25(29)14-7-9-16(26)10-8-14/h4-11,13,19H,12H2,1-3H3,(H,27,29). The topological polar surface area (TPSA) is 83.1 Å². The Morgan fingerprint density at radius 3 is 2.39 bits per heavy atom. The molecule has 1 N–H and O–H groups in total. The number of rotatable bonds is 6. The minimum Gasteiger partial charge on any atom is -0.493 e. The number of carbonyl (C=O) groups excluding carboxylic acids is 2. The number of nitrogens with one attached hydrogen (secondary N) is 1. The van der Waals surface area contributed by atoms with Gasteiger partial charge in [-0.25, -0.2) is 0 Å². The molecule has 0 bridgehead atoms. The zero-order chi connectivity index (χ0) is 23.5. The summed E-state index contributed by atoms with van der Waals surface area (Å²) in [4.78, 5) is 25.6. The summed E-state index contributed by atoms with van der Waals surface area (Å²) in [5.41, 5.74) is 2.23. The van der Waals surface area contributed by atoms with Gasteiger partial charge in [-0.05, 0) is 42.0 Å². The lowest BCUT2D eigenvalue weighted by atomic mass is 9.94. The summed E-state index contributed by atoms with van der Waals surface area (Å²) in [6.45, 7) is 0. The van der Waals surface area contributed by atoms with Crippen molar-refractivity contribution in [3.63, 3.8) is 0 Å². The number of fused-ring (bicyclic) bond motifs is 1. The highest BCUT2D eigenvalue weighted by atomic mass is 79.9. The number of ketones is 1. The molecule has 3 aromatic carbocycles. The third-order valence-electron chi connectivity index (χ3n) is 5.34. The fourth-order valence-corrected chi connectivity index (χ4v) is 4.03. The molecule has 7 nitrogen and oxygen atoms in total. The predicted octanol–water partition coefficient (Wildman–Crippen LogP) is 5.43. The maximum Gasteiger partial charge on any atom is 0.255 e.